The summed E-state index contributed by atoms with van der Waals surface area (Å²) in [5.41, 5.74) is -0.671. The predicted octanol–water partition coefficient (Wildman–Crippen LogP) is 0.916. The molecule has 0 heterocycles. The summed E-state index contributed by atoms with van der Waals surface area (Å²) in [6, 6.07) is 7.17. The third-order valence-electron chi connectivity index (χ3n) is 3.01. The van der Waals surface area contributed by atoms with Crippen molar-refractivity contribution in [3.05, 3.63) is 47.5 Å². The monoisotopic (exact) mass is 360 g/mol. The molecule has 120 valence electrons. The molecule has 0 fully saturated rings. The summed E-state index contributed by atoms with van der Waals surface area (Å²) in [5, 5.41) is 18.0. The molecule has 0 radical (unpaired) electrons. The van der Waals surface area contributed by atoms with Gasteiger partial charge in [-0.05, 0) is 0 Å². The molecule has 0 aliphatic heterocycles. The number of hydrogen-bond donors (Lipinski definition) is 3. The maximum atomic E-state index is 11.4. The minimum atomic E-state index is -4.56. The second-order valence-electron chi connectivity index (χ2n) is 4.88. The van der Waals surface area contributed by atoms with Gasteiger partial charge in [-0.15, -0.1) is 0 Å². The van der Waals surface area contributed by atoms with Crippen LogP contribution in [-0.4, -0.2) is 63.1 Å². The fourth-order valence-corrected chi connectivity index (χ4v) is 3.30. The summed E-state index contributed by atoms with van der Waals surface area (Å²) in [6.45, 7) is 0. The van der Waals surface area contributed by atoms with Crippen molar-refractivity contribution >= 4 is 52.8 Å². The molecule has 10 heteroatoms. The van der Waals surface area contributed by atoms with Crippen molar-refractivity contribution in [3.63, 3.8) is 0 Å². The molecular weight excluding hydrogens is 351 g/mol. The van der Waals surface area contributed by atoms with Gasteiger partial charge in [-0.1, -0.05) is 0 Å². The summed E-state index contributed by atoms with van der Waals surface area (Å²) in [5.74, 6) is -3.16. The van der Waals surface area contributed by atoms with E-state index in [1.165, 1.54) is 12.1 Å². The standard InChI is InChI=1S/C14H9O8S.Na/c15-13(16)8-5-9(14(17)18)7-10(6-8)22-11-3-1-2-4-12(11)23(19,20)21;/h1,3-7H,(H,15,16)(H,17,18)(H,19,20,21);. The van der Waals surface area contributed by atoms with E-state index in [9.17, 15) is 22.6 Å². The first-order valence-electron chi connectivity index (χ1n) is 6.45. The molecule has 2 aromatic rings. The van der Waals surface area contributed by atoms with Crippen LogP contribution in [0.2, 0.25) is 0 Å². The molecule has 0 saturated heterocycles. The van der Waals surface area contributed by atoms with Crippen LogP contribution >= 0.6 is 0 Å². The van der Waals surface area contributed by atoms with E-state index in [0.717, 1.165) is 18.2 Å². The topological polar surface area (TPSA) is 138 Å². The van der Waals surface area contributed by atoms with Crippen LogP contribution in [0.3, 0.4) is 0 Å². The first-order chi connectivity index (χ1) is 11.1. The molecule has 2 aromatic carbocycles. The molecule has 2 rings (SSSR count). The second kappa shape index (κ2) is 6.91. The molecule has 0 saturated carbocycles. The van der Waals surface area contributed by atoms with Gasteiger partial charge in [0.25, 0.3) is 0 Å². The molecule has 24 heavy (non-hydrogen) atoms. The van der Waals surface area contributed by atoms with Crippen LogP contribution in [0.1, 0.15) is 20.7 Å². The summed E-state index contributed by atoms with van der Waals surface area (Å²) in [7, 11) is -4.56. The van der Waals surface area contributed by atoms with Gasteiger partial charge in [0, 0.05) is 0 Å². The zero-order valence-corrected chi connectivity index (χ0v) is 15.1. The summed E-state index contributed by atoms with van der Waals surface area (Å²) in [6.07, 6.45) is 0. The van der Waals surface area contributed by atoms with Gasteiger partial charge in [-0.2, -0.15) is 0 Å². The number of carbonyl (C=O) groups is 2. The number of hydrogen-bond acceptors (Lipinski definition) is 5. The van der Waals surface area contributed by atoms with Gasteiger partial charge >= 0.3 is 154 Å². The van der Waals surface area contributed by atoms with Gasteiger partial charge in [-0.3, -0.25) is 0 Å². The Hall–Kier alpha value is -1.91. The van der Waals surface area contributed by atoms with Crippen LogP contribution in [0, 0.1) is 0 Å². The van der Waals surface area contributed by atoms with Crippen molar-refractivity contribution in [1.82, 2.24) is 0 Å². The molecule has 0 aliphatic rings. The first kappa shape index (κ1) is 18.4. The van der Waals surface area contributed by atoms with Crippen LogP contribution in [0.5, 0.6) is 11.5 Å². The Bertz CT molecular complexity index is 904. The van der Waals surface area contributed by atoms with Crippen LogP contribution in [0.25, 0.3) is 0 Å². The molecule has 3 N–H and O–H groups in total. The van der Waals surface area contributed by atoms with Crippen molar-refractivity contribution in [3.8, 4) is 11.5 Å². The quantitative estimate of drug-likeness (QED) is 0.528. The van der Waals surface area contributed by atoms with Crippen molar-refractivity contribution in [2.75, 3.05) is 0 Å². The average molecular weight is 360 g/mol. The Labute approximate surface area is 153 Å². The van der Waals surface area contributed by atoms with Crippen LogP contribution < -0.4 is 7.55 Å². The van der Waals surface area contributed by atoms with E-state index in [2.05, 4.69) is 0 Å². The number of rotatable bonds is 5. The van der Waals surface area contributed by atoms with E-state index in [0.29, 0.717) is 30.7 Å². The van der Waals surface area contributed by atoms with E-state index in [-0.39, 0.29) is 22.6 Å². The van der Waals surface area contributed by atoms with Gasteiger partial charge in [0.05, 0.1) is 0 Å². The molecule has 0 aliphatic carbocycles. The molecule has 0 amide bonds. The van der Waals surface area contributed by atoms with Crippen LogP contribution in [0.4, 0.5) is 0 Å². The Morgan fingerprint density at radius 1 is 0.958 bits per heavy atom. The van der Waals surface area contributed by atoms with Crippen molar-refractivity contribution in [1.29, 1.82) is 0 Å². The third-order valence-corrected chi connectivity index (χ3v) is 4.50. The zero-order chi connectivity index (χ0) is 18.1. The molecule has 0 aromatic heterocycles. The molecule has 0 atom stereocenters. The molecular formula is C14H9NaO8S. The van der Waals surface area contributed by atoms with Crippen LogP contribution in [-0.2, 0) is 10.1 Å². The van der Waals surface area contributed by atoms with E-state index >= 15 is 0 Å². The zero-order valence-electron chi connectivity index (χ0n) is 12.3. The van der Waals surface area contributed by atoms with Gasteiger partial charge in [0.1, 0.15) is 0 Å². The van der Waals surface area contributed by atoms with Gasteiger partial charge in [0.15, 0.2) is 0 Å². The summed E-state index contributed by atoms with van der Waals surface area (Å²) in [4.78, 5) is 21.7. The van der Waals surface area contributed by atoms with Crippen molar-refractivity contribution in [2.24, 2.45) is 0 Å². The number of carboxylic acids is 2. The molecule has 0 spiro atoms. The number of carboxylic acid groups (broad SMARTS) is 2. The second-order valence-corrected chi connectivity index (χ2v) is 7.43. The predicted molar refractivity (Wildman–Crippen MR) is 82.1 cm³/mol. The number of ether oxygens (including phenoxy) is 1. The van der Waals surface area contributed by atoms with Gasteiger partial charge < -0.3 is 0 Å². The Morgan fingerprint density at radius 2 is 1.50 bits per heavy atom. The van der Waals surface area contributed by atoms with Gasteiger partial charge in [-0.25, -0.2) is 0 Å². The van der Waals surface area contributed by atoms with E-state index in [4.69, 9.17) is 14.9 Å². The molecule has 8 nitrogen and oxygen atoms in total. The van der Waals surface area contributed by atoms with Crippen molar-refractivity contribution < 1.29 is 37.5 Å². The minimum absolute atomic E-state index is 0.182. The third kappa shape index (κ3) is 4.34. The summed E-state index contributed by atoms with van der Waals surface area (Å²) < 4.78 is 38.2. The number of benzene rings is 2. The van der Waals surface area contributed by atoms with Gasteiger partial charge in [0.2, 0.25) is 0 Å². The normalized spacial score (nSPS) is 11.1. The Kier molecular flexibility index (Phi) is 5.31. The molecule has 0 bridgehead atoms. The Balaban J connectivity index is 2.56. The summed E-state index contributed by atoms with van der Waals surface area (Å²) >= 11 is 0.532. The fraction of sp³-hybridized carbons (Fsp3) is 0. The average Bonchev–Trinajstić information content (AvgIpc) is 2.47. The maximum absolute atomic E-state index is 11.4. The fourth-order valence-electron chi connectivity index (χ4n) is 1.93. The SMILES string of the molecule is O=C(O)c1cc(Oc2cc[c]([Na])cc2S(=O)(=O)O)cc(C(=O)O)c1. The van der Waals surface area contributed by atoms with E-state index in [1.54, 1.807) is 6.07 Å². The Morgan fingerprint density at radius 3 is 1.96 bits per heavy atom. The number of aromatic carboxylic acids is 2. The van der Waals surface area contributed by atoms with E-state index < -0.39 is 27.0 Å². The van der Waals surface area contributed by atoms with E-state index in [1.807, 2.05) is 0 Å². The van der Waals surface area contributed by atoms with Crippen molar-refractivity contribution in [2.45, 2.75) is 4.90 Å². The molecule has 0 unspecified atom stereocenters. The first-order valence-corrected chi connectivity index (χ1v) is 8.89. The van der Waals surface area contributed by atoms with Crippen LogP contribution in [0.15, 0.2) is 41.3 Å².